The van der Waals surface area contributed by atoms with Crippen LogP contribution in [0.15, 0.2) is 60.7 Å². The summed E-state index contributed by atoms with van der Waals surface area (Å²) in [6, 6.07) is 11.3. The van der Waals surface area contributed by atoms with Gasteiger partial charge in [0, 0.05) is 12.0 Å². The summed E-state index contributed by atoms with van der Waals surface area (Å²) in [5, 5.41) is 11.8. The predicted octanol–water partition coefficient (Wildman–Crippen LogP) is 6.31. The number of fused-ring (bicyclic) bond motifs is 1. The third-order valence-corrected chi connectivity index (χ3v) is 8.45. The number of thiazole rings is 1. The molecule has 2 atom stereocenters. The predicted molar refractivity (Wildman–Crippen MR) is 164 cm³/mol. The van der Waals surface area contributed by atoms with E-state index in [-0.39, 0.29) is 34.1 Å². The maximum absolute atomic E-state index is 13.7. The lowest BCUT2D eigenvalue weighted by molar-refractivity contribution is -0.132. The lowest BCUT2D eigenvalue weighted by Gasteiger charge is -2.23. The van der Waals surface area contributed by atoms with E-state index in [0.717, 1.165) is 41.9 Å². The monoisotopic (exact) mass is 602 g/mol. The van der Waals surface area contributed by atoms with E-state index in [1.807, 2.05) is 13.0 Å². The average Bonchev–Trinajstić information content (AvgIpc) is 3.65. The Hall–Kier alpha value is -4.44. The second-order valence-electron chi connectivity index (χ2n) is 10.6. The van der Waals surface area contributed by atoms with Gasteiger partial charge < -0.3 is 19.3 Å². The van der Waals surface area contributed by atoms with Gasteiger partial charge in [-0.25, -0.2) is 9.78 Å². The summed E-state index contributed by atoms with van der Waals surface area (Å²) in [7, 11) is 0. The maximum atomic E-state index is 13.7. The third kappa shape index (κ3) is 6.06. The minimum Gasteiger partial charge on any atom is -0.507 e. The molecule has 0 spiro atoms. The molecule has 0 saturated carbocycles. The number of unbranched alkanes of at least 4 members (excludes halogenated alkanes) is 2. The van der Waals surface area contributed by atoms with Crippen LogP contribution in [0.2, 0.25) is 0 Å². The van der Waals surface area contributed by atoms with Crippen molar-refractivity contribution in [3.63, 3.8) is 0 Å². The highest BCUT2D eigenvalue weighted by molar-refractivity contribution is 7.17. The number of esters is 1. The molecular formula is C33H34N2O7S. The number of carbonyl (C=O) groups is 3. The van der Waals surface area contributed by atoms with Crippen molar-refractivity contribution in [3.05, 3.63) is 88.0 Å². The first kappa shape index (κ1) is 30.0. The van der Waals surface area contributed by atoms with E-state index in [9.17, 15) is 19.5 Å². The summed E-state index contributed by atoms with van der Waals surface area (Å²) in [6.45, 7) is 9.81. The largest absolute Gasteiger partial charge is 0.507 e. The van der Waals surface area contributed by atoms with Gasteiger partial charge >= 0.3 is 11.9 Å². The van der Waals surface area contributed by atoms with Crippen LogP contribution in [0.1, 0.15) is 71.2 Å². The van der Waals surface area contributed by atoms with E-state index in [0.29, 0.717) is 35.6 Å². The lowest BCUT2D eigenvalue weighted by atomic mass is 9.94. The topological polar surface area (TPSA) is 115 Å². The number of aliphatic hydroxyl groups is 1. The number of ether oxygens (including phenoxy) is 3. The molecule has 1 amide bonds. The number of hydrogen-bond donors (Lipinski definition) is 1. The molecule has 0 unspecified atom stereocenters. The van der Waals surface area contributed by atoms with Crippen LogP contribution in [0.25, 0.3) is 5.76 Å². The van der Waals surface area contributed by atoms with Crippen molar-refractivity contribution in [1.82, 2.24) is 4.98 Å². The Bertz CT molecular complexity index is 1610. The number of carbonyl (C=O) groups excluding carboxylic acids is 3. The zero-order valence-corrected chi connectivity index (χ0v) is 25.2. The smallest absolute Gasteiger partial charge is 0.350 e. The fourth-order valence-corrected chi connectivity index (χ4v) is 6.25. The Morgan fingerprint density at radius 3 is 2.81 bits per heavy atom. The maximum Gasteiger partial charge on any atom is 0.350 e. The van der Waals surface area contributed by atoms with Gasteiger partial charge in [-0.15, -0.1) is 0 Å². The fourth-order valence-electron chi connectivity index (χ4n) is 5.26. The van der Waals surface area contributed by atoms with Crippen molar-refractivity contribution in [3.8, 4) is 11.5 Å². The molecule has 10 heteroatoms. The standard InChI is InChI=1S/C33H34N2O7S/c1-5-7-8-15-40-24-11-9-10-21(18-24)27-26(28(36)22-12-13-25-23(17-22)16-19(3)42-25)29(37)31(38)35(27)33-34-20(4)30(43-33)32(39)41-14-6-2/h6,9-13,17-19,27,36H,2,5,7-8,14-16H2,1,3-4H3/b28-26+/t19-,27+/m1/s1. The zero-order valence-electron chi connectivity index (χ0n) is 24.4. The second kappa shape index (κ2) is 12.8. The Labute approximate surface area is 254 Å². The second-order valence-corrected chi connectivity index (χ2v) is 11.5. The van der Waals surface area contributed by atoms with Crippen molar-refractivity contribution >= 4 is 39.9 Å². The first-order valence-electron chi connectivity index (χ1n) is 14.3. The molecule has 0 bridgehead atoms. The molecule has 2 aliphatic rings. The molecule has 9 nitrogen and oxygen atoms in total. The van der Waals surface area contributed by atoms with Crippen LogP contribution in [-0.4, -0.2) is 47.1 Å². The van der Waals surface area contributed by atoms with E-state index in [4.69, 9.17) is 14.2 Å². The van der Waals surface area contributed by atoms with Crippen LogP contribution >= 0.6 is 11.3 Å². The Morgan fingerprint density at radius 2 is 2.05 bits per heavy atom. The normalized spacial score (nSPS) is 18.8. The van der Waals surface area contributed by atoms with Crippen molar-refractivity contribution in [2.45, 2.75) is 58.6 Å². The van der Waals surface area contributed by atoms with Crippen LogP contribution in [0, 0.1) is 6.92 Å². The van der Waals surface area contributed by atoms with Crippen LogP contribution in [0.3, 0.4) is 0 Å². The number of anilines is 1. The molecule has 1 saturated heterocycles. The number of aryl methyl sites for hydroxylation is 1. The van der Waals surface area contributed by atoms with Crippen LogP contribution in [0.5, 0.6) is 11.5 Å². The third-order valence-electron chi connectivity index (χ3n) is 7.31. The summed E-state index contributed by atoms with van der Waals surface area (Å²) >= 11 is 0.950. The number of benzene rings is 2. The molecule has 1 fully saturated rings. The number of aromatic nitrogens is 1. The SMILES string of the molecule is C=CCOC(=O)c1sc(N2C(=O)C(=O)/C(=C(/O)c3ccc4c(c3)C[C@@H](C)O4)[C@@H]2c2cccc(OCCCCC)c2)nc1C. The first-order chi connectivity index (χ1) is 20.7. The van der Waals surface area contributed by atoms with Gasteiger partial charge in [-0.2, -0.15) is 0 Å². The Morgan fingerprint density at radius 1 is 1.23 bits per heavy atom. The van der Waals surface area contributed by atoms with Gasteiger partial charge in [0.1, 0.15) is 34.8 Å². The van der Waals surface area contributed by atoms with Crippen LogP contribution in [0.4, 0.5) is 5.13 Å². The summed E-state index contributed by atoms with van der Waals surface area (Å²) in [5.41, 5.74) is 2.13. The summed E-state index contributed by atoms with van der Waals surface area (Å²) in [5.74, 6) is -1.33. The average molecular weight is 603 g/mol. The van der Waals surface area contributed by atoms with E-state index < -0.39 is 23.7 Å². The number of nitrogens with zero attached hydrogens (tertiary/aromatic N) is 2. The molecule has 2 aromatic carbocycles. The first-order valence-corrected chi connectivity index (χ1v) is 15.1. The van der Waals surface area contributed by atoms with E-state index in [1.54, 1.807) is 43.3 Å². The van der Waals surface area contributed by atoms with E-state index in [2.05, 4.69) is 18.5 Å². The van der Waals surface area contributed by atoms with Crippen molar-refractivity contribution in [2.24, 2.45) is 0 Å². The van der Waals surface area contributed by atoms with Gasteiger partial charge in [-0.05, 0) is 61.7 Å². The quantitative estimate of drug-likeness (QED) is 0.0678. The van der Waals surface area contributed by atoms with Crippen molar-refractivity contribution in [2.75, 3.05) is 18.1 Å². The minimum atomic E-state index is -1.02. The van der Waals surface area contributed by atoms with E-state index in [1.165, 1.54) is 11.0 Å². The minimum absolute atomic E-state index is 0.00134. The summed E-state index contributed by atoms with van der Waals surface area (Å²) in [6.07, 6.45) is 5.10. The number of rotatable bonds is 11. The van der Waals surface area contributed by atoms with Gasteiger partial charge in [0.2, 0.25) is 0 Å². The highest BCUT2D eigenvalue weighted by atomic mass is 32.1. The van der Waals surface area contributed by atoms with Crippen LogP contribution < -0.4 is 14.4 Å². The van der Waals surface area contributed by atoms with Crippen LogP contribution in [-0.2, 0) is 20.7 Å². The molecule has 1 N–H and O–H groups in total. The fraction of sp³-hybridized carbons (Fsp3) is 0.333. The summed E-state index contributed by atoms with van der Waals surface area (Å²) < 4.78 is 17.0. The molecule has 3 heterocycles. The van der Waals surface area contributed by atoms with Gasteiger partial charge in [-0.1, -0.05) is 55.9 Å². The van der Waals surface area contributed by atoms with Gasteiger partial charge in [0.05, 0.1) is 23.9 Å². The molecule has 3 aromatic rings. The number of aliphatic hydroxyl groups excluding tert-OH is 1. The van der Waals surface area contributed by atoms with E-state index >= 15 is 0 Å². The highest BCUT2D eigenvalue weighted by Gasteiger charge is 2.48. The molecule has 2 aliphatic heterocycles. The Balaban J connectivity index is 1.61. The molecule has 1 aromatic heterocycles. The highest BCUT2D eigenvalue weighted by Crippen LogP contribution is 2.45. The molecule has 0 radical (unpaired) electrons. The van der Waals surface area contributed by atoms with Gasteiger partial charge in [0.25, 0.3) is 5.78 Å². The zero-order chi connectivity index (χ0) is 30.7. The molecule has 224 valence electrons. The number of Topliss-reactive ketones (excluding diaryl/α,β-unsaturated/α-hetero) is 1. The van der Waals surface area contributed by atoms with Gasteiger partial charge in [0.15, 0.2) is 5.13 Å². The summed E-state index contributed by atoms with van der Waals surface area (Å²) in [4.78, 5) is 46.0. The molecular weight excluding hydrogens is 568 g/mol. The molecule has 43 heavy (non-hydrogen) atoms. The number of ketones is 1. The lowest BCUT2D eigenvalue weighted by Crippen LogP contribution is -2.29. The van der Waals surface area contributed by atoms with Gasteiger partial charge in [-0.3, -0.25) is 14.5 Å². The van der Waals surface area contributed by atoms with Crippen molar-refractivity contribution < 1.29 is 33.7 Å². The molecule has 0 aliphatic carbocycles. The number of hydrogen-bond acceptors (Lipinski definition) is 9. The Kier molecular flexibility index (Phi) is 8.96. The van der Waals surface area contributed by atoms with Crippen molar-refractivity contribution in [1.29, 1.82) is 0 Å². The number of amides is 1. The molecule has 5 rings (SSSR count).